The highest BCUT2D eigenvalue weighted by atomic mass is 19.1. The molecule has 1 amide bonds. The van der Waals surface area contributed by atoms with Crippen LogP contribution >= 0.6 is 0 Å². The van der Waals surface area contributed by atoms with Gasteiger partial charge in [-0.25, -0.2) is 4.39 Å². The molecule has 0 aromatic heterocycles. The van der Waals surface area contributed by atoms with E-state index in [1.165, 1.54) is 18.2 Å². The molecule has 2 atom stereocenters. The Morgan fingerprint density at radius 1 is 1.47 bits per heavy atom. The van der Waals surface area contributed by atoms with Gasteiger partial charge in [-0.1, -0.05) is 19.1 Å². The van der Waals surface area contributed by atoms with Crippen LogP contribution in [0.25, 0.3) is 0 Å². The lowest BCUT2D eigenvalue weighted by Crippen LogP contribution is -2.35. The fourth-order valence-electron chi connectivity index (χ4n) is 1.83. The molecule has 3 N–H and O–H groups in total. The van der Waals surface area contributed by atoms with Crippen LogP contribution in [-0.4, -0.2) is 28.8 Å². The number of carbonyl (C=O) groups excluding carboxylic acids is 1. The van der Waals surface area contributed by atoms with E-state index in [-0.39, 0.29) is 25.0 Å². The Labute approximate surface area is 112 Å². The molecule has 0 saturated heterocycles. The Morgan fingerprint density at radius 3 is 2.79 bits per heavy atom. The van der Waals surface area contributed by atoms with Crippen LogP contribution in [0.2, 0.25) is 0 Å². The average Bonchev–Trinajstić information content (AvgIpc) is 2.38. The number of aliphatic hydroxyl groups excluding tert-OH is 2. The van der Waals surface area contributed by atoms with E-state index >= 15 is 0 Å². The molecule has 0 bridgehead atoms. The third-order valence-corrected chi connectivity index (χ3v) is 2.95. The molecule has 0 saturated carbocycles. The smallest absolute Gasteiger partial charge is 0.223 e. The van der Waals surface area contributed by atoms with Crippen molar-refractivity contribution in [2.75, 3.05) is 6.61 Å². The highest BCUT2D eigenvalue weighted by Gasteiger charge is 2.16. The van der Waals surface area contributed by atoms with Crippen LogP contribution in [-0.2, 0) is 4.79 Å². The summed E-state index contributed by atoms with van der Waals surface area (Å²) in [4.78, 5) is 11.7. The van der Waals surface area contributed by atoms with Gasteiger partial charge in [0.15, 0.2) is 0 Å². The summed E-state index contributed by atoms with van der Waals surface area (Å²) in [6, 6.07) is 5.46. The summed E-state index contributed by atoms with van der Waals surface area (Å²) in [5, 5.41) is 21.4. The largest absolute Gasteiger partial charge is 0.396 e. The summed E-state index contributed by atoms with van der Waals surface area (Å²) >= 11 is 0. The molecule has 0 spiro atoms. The number of nitrogens with one attached hydrogen (secondary N) is 1. The summed E-state index contributed by atoms with van der Waals surface area (Å²) < 4.78 is 13.0. The van der Waals surface area contributed by atoms with Gasteiger partial charge in [-0.3, -0.25) is 4.79 Å². The number of rotatable bonds is 7. The van der Waals surface area contributed by atoms with Gasteiger partial charge in [0.1, 0.15) is 5.82 Å². The number of hydrogen-bond donors (Lipinski definition) is 3. The summed E-state index contributed by atoms with van der Waals surface area (Å²) in [6.07, 6.45) is 0.0498. The van der Waals surface area contributed by atoms with Crippen molar-refractivity contribution in [2.45, 2.75) is 38.3 Å². The first kappa shape index (κ1) is 15.6. The summed E-state index contributed by atoms with van der Waals surface area (Å²) in [7, 11) is 0. The van der Waals surface area contributed by atoms with Crippen LogP contribution in [0.3, 0.4) is 0 Å². The van der Waals surface area contributed by atoms with Crippen LogP contribution in [0.1, 0.15) is 37.9 Å². The fourth-order valence-corrected chi connectivity index (χ4v) is 1.83. The van der Waals surface area contributed by atoms with Crippen LogP contribution in [0.15, 0.2) is 24.3 Å². The second kappa shape index (κ2) is 7.86. The second-order valence-corrected chi connectivity index (χ2v) is 4.46. The van der Waals surface area contributed by atoms with Crippen molar-refractivity contribution in [1.82, 2.24) is 5.32 Å². The Hall–Kier alpha value is -1.46. The summed E-state index contributed by atoms with van der Waals surface area (Å²) in [5.41, 5.74) is 0.380. The molecule has 0 radical (unpaired) electrons. The monoisotopic (exact) mass is 269 g/mol. The van der Waals surface area contributed by atoms with E-state index in [0.717, 1.165) is 0 Å². The van der Waals surface area contributed by atoms with Gasteiger partial charge < -0.3 is 15.5 Å². The number of aliphatic hydroxyl groups is 2. The first-order valence-corrected chi connectivity index (χ1v) is 6.40. The molecule has 0 fully saturated rings. The van der Waals surface area contributed by atoms with Crippen LogP contribution in [0, 0.1) is 5.82 Å². The molecule has 1 rings (SSSR count). The first-order valence-electron chi connectivity index (χ1n) is 6.40. The minimum atomic E-state index is -1.03. The molecule has 0 aliphatic rings. The zero-order valence-electron chi connectivity index (χ0n) is 11.0. The third kappa shape index (κ3) is 5.36. The van der Waals surface area contributed by atoms with E-state index in [1.54, 1.807) is 6.07 Å². The van der Waals surface area contributed by atoms with E-state index in [0.29, 0.717) is 18.4 Å². The van der Waals surface area contributed by atoms with Crippen molar-refractivity contribution < 1.29 is 19.4 Å². The third-order valence-electron chi connectivity index (χ3n) is 2.95. The maximum atomic E-state index is 13.0. The predicted octanol–water partition coefficient (Wildman–Crippen LogP) is 1.53. The van der Waals surface area contributed by atoms with Gasteiger partial charge in [-0.2, -0.15) is 0 Å². The molecule has 1 aromatic carbocycles. The molecule has 5 heteroatoms. The predicted molar refractivity (Wildman–Crippen MR) is 69.9 cm³/mol. The standard InChI is InChI=1S/C14H20FNO3/c1-2-12(6-7-17)16-14(19)9-13(18)10-4-3-5-11(15)8-10/h3-5,8,12-13,17-18H,2,6-7,9H2,1H3,(H,16,19). The van der Waals surface area contributed by atoms with Crippen LogP contribution < -0.4 is 5.32 Å². The van der Waals surface area contributed by atoms with Gasteiger partial charge in [0.05, 0.1) is 12.5 Å². The average molecular weight is 269 g/mol. The lowest BCUT2D eigenvalue weighted by atomic mass is 10.1. The lowest BCUT2D eigenvalue weighted by Gasteiger charge is -2.17. The van der Waals surface area contributed by atoms with Crippen molar-refractivity contribution in [3.05, 3.63) is 35.6 Å². The molecule has 106 valence electrons. The molecule has 1 aromatic rings. The van der Waals surface area contributed by atoms with Gasteiger partial charge in [-0.05, 0) is 30.5 Å². The SMILES string of the molecule is CCC(CCO)NC(=O)CC(O)c1cccc(F)c1. The van der Waals surface area contributed by atoms with E-state index in [1.807, 2.05) is 6.92 Å². The molecule has 0 aliphatic heterocycles. The van der Waals surface area contributed by atoms with Crippen molar-refractivity contribution in [3.8, 4) is 0 Å². The number of amides is 1. The zero-order valence-corrected chi connectivity index (χ0v) is 11.0. The minimum Gasteiger partial charge on any atom is -0.396 e. The Morgan fingerprint density at radius 2 is 2.21 bits per heavy atom. The van der Waals surface area contributed by atoms with Crippen LogP contribution in [0.4, 0.5) is 4.39 Å². The van der Waals surface area contributed by atoms with E-state index in [9.17, 15) is 14.3 Å². The Balaban J connectivity index is 2.52. The number of carbonyl (C=O) groups is 1. The fraction of sp³-hybridized carbons (Fsp3) is 0.500. The van der Waals surface area contributed by atoms with Gasteiger partial charge in [-0.15, -0.1) is 0 Å². The van der Waals surface area contributed by atoms with Crippen molar-refractivity contribution in [3.63, 3.8) is 0 Å². The molecular formula is C14H20FNO3. The van der Waals surface area contributed by atoms with Crippen LogP contribution in [0.5, 0.6) is 0 Å². The number of benzene rings is 1. The molecule has 0 aliphatic carbocycles. The molecule has 2 unspecified atom stereocenters. The molecule has 19 heavy (non-hydrogen) atoms. The highest BCUT2D eigenvalue weighted by Crippen LogP contribution is 2.17. The maximum Gasteiger partial charge on any atom is 0.223 e. The van der Waals surface area contributed by atoms with E-state index in [2.05, 4.69) is 5.32 Å². The van der Waals surface area contributed by atoms with Gasteiger partial charge in [0.25, 0.3) is 0 Å². The summed E-state index contributed by atoms with van der Waals surface area (Å²) in [6.45, 7) is 1.91. The normalized spacial score (nSPS) is 13.9. The van der Waals surface area contributed by atoms with Gasteiger partial charge in [0, 0.05) is 12.6 Å². The van der Waals surface area contributed by atoms with Gasteiger partial charge in [0.2, 0.25) is 5.91 Å². The topological polar surface area (TPSA) is 69.6 Å². The lowest BCUT2D eigenvalue weighted by molar-refractivity contribution is -0.123. The number of hydrogen-bond acceptors (Lipinski definition) is 3. The Bertz CT molecular complexity index is 411. The van der Waals surface area contributed by atoms with Crippen molar-refractivity contribution >= 4 is 5.91 Å². The second-order valence-electron chi connectivity index (χ2n) is 4.46. The van der Waals surface area contributed by atoms with E-state index in [4.69, 9.17) is 5.11 Å². The first-order chi connectivity index (χ1) is 9.06. The minimum absolute atomic E-state index is 0.00520. The molecule has 0 heterocycles. The summed E-state index contributed by atoms with van der Waals surface area (Å²) in [5.74, 6) is -0.749. The van der Waals surface area contributed by atoms with E-state index < -0.39 is 11.9 Å². The maximum absolute atomic E-state index is 13.0. The number of halogens is 1. The Kier molecular flexibility index (Phi) is 6.45. The van der Waals surface area contributed by atoms with Crippen molar-refractivity contribution in [1.29, 1.82) is 0 Å². The quantitative estimate of drug-likeness (QED) is 0.703. The van der Waals surface area contributed by atoms with Crippen molar-refractivity contribution in [2.24, 2.45) is 0 Å². The van der Waals surface area contributed by atoms with Gasteiger partial charge >= 0.3 is 0 Å². The molecular weight excluding hydrogens is 249 g/mol. The molecule has 4 nitrogen and oxygen atoms in total. The highest BCUT2D eigenvalue weighted by molar-refractivity contribution is 5.76. The zero-order chi connectivity index (χ0) is 14.3.